The monoisotopic (exact) mass is 497 g/mol. The number of nitro benzene ring substituents is 1. The SMILES string of the molecule is COc1ccc(Br)cc1CN(C)c1ccc(S(=O)(=O)N2CCCCC2)cc1[N+](=O)[O-]. The first-order valence-electron chi connectivity index (χ1n) is 9.56. The van der Waals surface area contributed by atoms with E-state index < -0.39 is 14.9 Å². The van der Waals surface area contributed by atoms with Gasteiger partial charge in [0.05, 0.1) is 16.9 Å². The summed E-state index contributed by atoms with van der Waals surface area (Å²) in [6.45, 7) is 1.24. The maximum absolute atomic E-state index is 12.9. The van der Waals surface area contributed by atoms with E-state index >= 15 is 0 Å². The number of anilines is 1. The van der Waals surface area contributed by atoms with Crippen molar-refractivity contribution in [1.82, 2.24) is 4.31 Å². The molecule has 0 aliphatic carbocycles. The fourth-order valence-electron chi connectivity index (χ4n) is 3.60. The summed E-state index contributed by atoms with van der Waals surface area (Å²) in [5.41, 5.74) is 0.929. The van der Waals surface area contributed by atoms with Gasteiger partial charge >= 0.3 is 0 Å². The van der Waals surface area contributed by atoms with Crippen molar-refractivity contribution in [1.29, 1.82) is 0 Å². The zero-order valence-electron chi connectivity index (χ0n) is 16.9. The minimum absolute atomic E-state index is 0.0479. The van der Waals surface area contributed by atoms with E-state index in [1.54, 1.807) is 19.1 Å². The largest absolute Gasteiger partial charge is 0.496 e. The van der Waals surface area contributed by atoms with E-state index in [-0.39, 0.29) is 10.6 Å². The van der Waals surface area contributed by atoms with Crippen LogP contribution in [0.5, 0.6) is 5.75 Å². The minimum Gasteiger partial charge on any atom is -0.496 e. The molecule has 8 nitrogen and oxygen atoms in total. The fraction of sp³-hybridized carbons (Fsp3) is 0.400. The predicted molar refractivity (Wildman–Crippen MR) is 119 cm³/mol. The van der Waals surface area contributed by atoms with Crippen molar-refractivity contribution in [3.8, 4) is 5.75 Å². The number of methoxy groups -OCH3 is 1. The molecule has 30 heavy (non-hydrogen) atoms. The van der Waals surface area contributed by atoms with Crippen molar-refractivity contribution in [2.24, 2.45) is 0 Å². The highest BCUT2D eigenvalue weighted by Crippen LogP contribution is 2.34. The molecular weight excluding hydrogens is 474 g/mol. The number of rotatable bonds is 7. The van der Waals surface area contributed by atoms with Gasteiger partial charge < -0.3 is 9.64 Å². The number of nitrogens with zero attached hydrogens (tertiary/aromatic N) is 3. The molecule has 1 fully saturated rings. The smallest absolute Gasteiger partial charge is 0.293 e. The van der Waals surface area contributed by atoms with Crippen LogP contribution >= 0.6 is 15.9 Å². The predicted octanol–water partition coefficient (Wildman–Crippen LogP) is 4.18. The van der Waals surface area contributed by atoms with E-state index in [2.05, 4.69) is 15.9 Å². The van der Waals surface area contributed by atoms with Crippen LogP contribution in [0.15, 0.2) is 45.8 Å². The zero-order valence-corrected chi connectivity index (χ0v) is 19.3. The van der Waals surface area contributed by atoms with Gasteiger partial charge in [0.15, 0.2) is 0 Å². The Morgan fingerprint density at radius 3 is 2.50 bits per heavy atom. The fourth-order valence-corrected chi connectivity index (χ4v) is 5.54. The Kier molecular flexibility index (Phi) is 6.99. The van der Waals surface area contributed by atoms with E-state index in [9.17, 15) is 18.5 Å². The van der Waals surface area contributed by atoms with Crippen molar-refractivity contribution in [3.05, 3.63) is 56.5 Å². The van der Waals surface area contributed by atoms with E-state index in [1.165, 1.54) is 16.4 Å². The third-order valence-corrected chi connectivity index (χ3v) is 7.55. The number of hydrogen-bond donors (Lipinski definition) is 0. The van der Waals surface area contributed by atoms with E-state index in [0.29, 0.717) is 31.1 Å². The topological polar surface area (TPSA) is 93.0 Å². The molecule has 0 radical (unpaired) electrons. The van der Waals surface area contributed by atoms with Gasteiger partial charge in [0.1, 0.15) is 11.4 Å². The number of benzene rings is 2. The van der Waals surface area contributed by atoms with Crippen LogP contribution in [-0.4, -0.2) is 44.9 Å². The van der Waals surface area contributed by atoms with E-state index in [1.807, 2.05) is 18.2 Å². The highest BCUT2D eigenvalue weighted by atomic mass is 79.9. The van der Waals surface area contributed by atoms with Crippen LogP contribution in [0.2, 0.25) is 0 Å². The van der Waals surface area contributed by atoms with Gasteiger partial charge in [0, 0.05) is 42.8 Å². The van der Waals surface area contributed by atoms with Crippen LogP contribution < -0.4 is 9.64 Å². The van der Waals surface area contributed by atoms with Crippen LogP contribution in [0.25, 0.3) is 0 Å². The molecule has 3 rings (SSSR count). The van der Waals surface area contributed by atoms with Crippen molar-refractivity contribution in [2.45, 2.75) is 30.7 Å². The number of ether oxygens (including phenoxy) is 1. The highest BCUT2D eigenvalue weighted by molar-refractivity contribution is 9.10. The molecule has 0 unspecified atom stereocenters. The molecule has 0 saturated carbocycles. The van der Waals surface area contributed by atoms with E-state index in [0.717, 1.165) is 35.4 Å². The lowest BCUT2D eigenvalue weighted by Gasteiger charge is -2.26. The summed E-state index contributed by atoms with van der Waals surface area (Å²) in [4.78, 5) is 12.9. The van der Waals surface area contributed by atoms with Gasteiger partial charge in [-0.2, -0.15) is 4.31 Å². The maximum Gasteiger partial charge on any atom is 0.293 e. The summed E-state index contributed by atoms with van der Waals surface area (Å²) in [5.74, 6) is 0.664. The maximum atomic E-state index is 12.9. The van der Waals surface area contributed by atoms with Crippen LogP contribution in [0.3, 0.4) is 0 Å². The molecule has 2 aromatic rings. The van der Waals surface area contributed by atoms with Gasteiger partial charge in [-0.15, -0.1) is 0 Å². The first-order valence-corrected chi connectivity index (χ1v) is 11.8. The molecule has 1 heterocycles. The van der Waals surface area contributed by atoms with Gasteiger partial charge in [-0.1, -0.05) is 22.4 Å². The van der Waals surface area contributed by atoms with Crippen molar-refractivity contribution < 1.29 is 18.1 Å². The molecule has 10 heteroatoms. The highest BCUT2D eigenvalue weighted by Gasteiger charge is 2.29. The molecule has 1 aliphatic heterocycles. The Balaban J connectivity index is 1.94. The third kappa shape index (κ3) is 4.76. The normalized spacial score (nSPS) is 15.0. The number of piperidine rings is 1. The molecule has 162 valence electrons. The molecule has 0 amide bonds. The van der Waals surface area contributed by atoms with Gasteiger partial charge in [-0.25, -0.2) is 8.42 Å². The molecule has 1 saturated heterocycles. The molecular formula is C20H24BrN3O5S. The summed E-state index contributed by atoms with van der Waals surface area (Å²) in [6, 6.07) is 9.66. The summed E-state index contributed by atoms with van der Waals surface area (Å²) < 4.78 is 33.5. The standard InChI is InChI=1S/C20H24BrN3O5S/c1-22(14-15-12-16(21)6-9-20(15)29-2)18-8-7-17(13-19(18)24(25)26)30(27,28)23-10-4-3-5-11-23/h6-9,12-13H,3-5,10-11,14H2,1-2H3. The molecule has 1 aliphatic rings. The number of hydrogen-bond acceptors (Lipinski definition) is 6. The summed E-state index contributed by atoms with van der Waals surface area (Å²) in [6.07, 6.45) is 2.60. The number of halogens is 1. The third-order valence-electron chi connectivity index (χ3n) is 5.16. The van der Waals surface area contributed by atoms with Gasteiger partial charge in [0.2, 0.25) is 10.0 Å². The van der Waals surface area contributed by atoms with Crippen molar-refractivity contribution in [2.75, 3.05) is 32.1 Å². The van der Waals surface area contributed by atoms with Crippen molar-refractivity contribution >= 4 is 37.3 Å². The summed E-state index contributed by atoms with van der Waals surface area (Å²) >= 11 is 3.42. The average Bonchev–Trinajstić information content (AvgIpc) is 2.74. The molecule has 0 N–H and O–H groups in total. The molecule has 0 atom stereocenters. The Morgan fingerprint density at radius 1 is 1.17 bits per heavy atom. The number of nitro groups is 1. The molecule has 2 aromatic carbocycles. The first kappa shape index (κ1) is 22.5. The van der Waals surface area contributed by atoms with Gasteiger partial charge in [-0.3, -0.25) is 10.1 Å². The van der Waals surface area contributed by atoms with Crippen LogP contribution in [-0.2, 0) is 16.6 Å². The van der Waals surface area contributed by atoms with Gasteiger partial charge in [-0.05, 0) is 43.2 Å². The molecule has 0 bridgehead atoms. The lowest BCUT2D eigenvalue weighted by atomic mass is 10.1. The van der Waals surface area contributed by atoms with Gasteiger partial charge in [0.25, 0.3) is 5.69 Å². The quantitative estimate of drug-likeness (QED) is 0.420. The van der Waals surface area contributed by atoms with E-state index in [4.69, 9.17) is 4.74 Å². The molecule has 0 spiro atoms. The average molecular weight is 498 g/mol. The zero-order chi connectivity index (χ0) is 21.9. The molecule has 0 aromatic heterocycles. The first-order chi connectivity index (χ1) is 14.2. The van der Waals surface area contributed by atoms with Crippen LogP contribution in [0.1, 0.15) is 24.8 Å². The second-order valence-corrected chi connectivity index (χ2v) is 10.0. The summed E-state index contributed by atoms with van der Waals surface area (Å²) in [5, 5.41) is 11.7. The second kappa shape index (κ2) is 9.32. The second-order valence-electron chi connectivity index (χ2n) is 7.18. The Hall–Kier alpha value is -2.17. The summed E-state index contributed by atoms with van der Waals surface area (Å²) in [7, 11) is -0.463. The lowest BCUT2D eigenvalue weighted by molar-refractivity contribution is -0.384. The minimum atomic E-state index is -3.75. The number of sulfonamides is 1. The van der Waals surface area contributed by atoms with Crippen molar-refractivity contribution in [3.63, 3.8) is 0 Å². The Morgan fingerprint density at radius 2 is 1.87 bits per heavy atom. The van der Waals surface area contributed by atoms with Crippen LogP contribution in [0.4, 0.5) is 11.4 Å². The van der Waals surface area contributed by atoms with Crippen LogP contribution in [0, 0.1) is 10.1 Å². The Bertz CT molecular complexity index is 1040. The lowest BCUT2D eigenvalue weighted by Crippen LogP contribution is -2.35. The Labute approximate surface area is 184 Å².